The third kappa shape index (κ3) is 3.93. The first kappa shape index (κ1) is 20.0. The Morgan fingerprint density at radius 2 is 1.68 bits per heavy atom. The van der Waals surface area contributed by atoms with E-state index in [4.69, 9.17) is 4.74 Å². The maximum absolute atomic E-state index is 13.1. The number of hydrogen-bond donors (Lipinski definition) is 1. The summed E-state index contributed by atoms with van der Waals surface area (Å²) in [5, 5.41) is 13.3. The van der Waals surface area contributed by atoms with Crippen molar-refractivity contribution < 1.29 is 14.7 Å². The van der Waals surface area contributed by atoms with Gasteiger partial charge in [0.25, 0.3) is 11.0 Å². The van der Waals surface area contributed by atoms with Crippen LogP contribution in [0.15, 0.2) is 88.8 Å². The lowest BCUT2D eigenvalue weighted by Gasteiger charge is -2.08. The van der Waals surface area contributed by atoms with Gasteiger partial charge in [0.1, 0.15) is 5.75 Å². The number of ether oxygens (including phenoxy) is 1. The van der Waals surface area contributed by atoms with Gasteiger partial charge in [-0.2, -0.15) is 0 Å². The summed E-state index contributed by atoms with van der Waals surface area (Å²) in [6, 6.07) is 23.1. The van der Waals surface area contributed by atoms with Crippen molar-refractivity contribution in [3.05, 3.63) is 100 Å². The van der Waals surface area contributed by atoms with Gasteiger partial charge < -0.3 is 9.94 Å². The Morgan fingerprint density at radius 3 is 2.35 bits per heavy atom. The van der Waals surface area contributed by atoms with Crippen LogP contribution in [-0.2, 0) is 6.54 Å². The predicted molar refractivity (Wildman–Crippen MR) is 116 cm³/mol. The summed E-state index contributed by atoms with van der Waals surface area (Å²) in [6.45, 7) is -0.237. The molecule has 1 aromatic heterocycles. The largest absolute Gasteiger partial charge is 0.497 e. The Bertz CT molecular complexity index is 1380. The Hall–Kier alpha value is -4.26. The Kier molecular flexibility index (Phi) is 5.57. The highest BCUT2D eigenvalue weighted by Gasteiger charge is 2.15. The second-order valence-electron chi connectivity index (χ2n) is 6.81. The van der Waals surface area contributed by atoms with Crippen molar-refractivity contribution in [1.82, 2.24) is 9.55 Å². The van der Waals surface area contributed by atoms with Gasteiger partial charge in [-0.3, -0.25) is 14.2 Å². The number of carbonyl (C=O) groups excluding carboxylic acids is 1. The molecule has 4 aromatic rings. The molecule has 154 valence electrons. The van der Waals surface area contributed by atoms with Gasteiger partial charge in [0, 0.05) is 16.5 Å². The molecule has 0 amide bonds. The maximum atomic E-state index is 13.1. The van der Waals surface area contributed by atoms with Crippen LogP contribution in [0.25, 0.3) is 22.2 Å². The summed E-state index contributed by atoms with van der Waals surface area (Å²) in [5.74, 6) is 0.356. The molecular weight excluding hydrogens is 394 g/mol. The molecule has 0 fully saturated rings. The smallest absolute Gasteiger partial charge is 0.299 e. The van der Waals surface area contributed by atoms with Crippen molar-refractivity contribution >= 4 is 16.7 Å². The van der Waals surface area contributed by atoms with Gasteiger partial charge in [0.2, 0.25) is 0 Å². The normalized spacial score (nSPS) is 11.5. The summed E-state index contributed by atoms with van der Waals surface area (Å²) in [4.78, 5) is 30.4. The van der Waals surface area contributed by atoms with Gasteiger partial charge in [-0.25, -0.2) is 4.98 Å². The molecular formula is C24H19N3O4. The Labute approximate surface area is 177 Å². The number of hydrogen-bond acceptors (Lipinski definition) is 6. The van der Waals surface area contributed by atoms with Crippen LogP contribution in [0.4, 0.5) is 0 Å². The number of para-hydroxylation sites is 1. The fourth-order valence-corrected chi connectivity index (χ4v) is 3.40. The first-order chi connectivity index (χ1) is 15.1. The second-order valence-corrected chi connectivity index (χ2v) is 6.81. The molecule has 0 aliphatic rings. The average molecular weight is 413 g/mol. The van der Waals surface area contributed by atoms with Crippen LogP contribution in [0.1, 0.15) is 10.4 Å². The fraction of sp³-hybridized carbons (Fsp3) is 0.0833. The minimum Gasteiger partial charge on any atom is -0.497 e. The first-order valence-corrected chi connectivity index (χ1v) is 9.57. The number of rotatable bonds is 5. The molecule has 31 heavy (non-hydrogen) atoms. The summed E-state index contributed by atoms with van der Waals surface area (Å²) >= 11 is 0. The van der Waals surface area contributed by atoms with Gasteiger partial charge >= 0.3 is 0 Å². The summed E-state index contributed by atoms with van der Waals surface area (Å²) in [7, 11) is 1.55. The monoisotopic (exact) mass is 413 g/mol. The number of nitrogens with zero attached hydrogens (tertiary/aromatic N) is 3. The molecule has 0 unspecified atom stereocenters. The summed E-state index contributed by atoms with van der Waals surface area (Å²) in [5.41, 5.74) is 1.13. The van der Waals surface area contributed by atoms with Crippen LogP contribution in [0.2, 0.25) is 0 Å². The fourth-order valence-electron chi connectivity index (χ4n) is 3.40. The zero-order valence-electron chi connectivity index (χ0n) is 16.7. The second kappa shape index (κ2) is 8.62. The molecule has 0 aliphatic heterocycles. The molecule has 0 atom stereocenters. The molecule has 1 heterocycles. The van der Waals surface area contributed by atoms with Crippen LogP contribution in [-0.4, -0.2) is 27.7 Å². The van der Waals surface area contributed by atoms with Crippen molar-refractivity contribution in [2.24, 2.45) is 5.16 Å². The van der Waals surface area contributed by atoms with E-state index >= 15 is 0 Å². The number of ketones is 1. The van der Waals surface area contributed by atoms with Gasteiger partial charge in [0.15, 0.2) is 5.78 Å². The molecule has 0 saturated carbocycles. The third-order valence-electron chi connectivity index (χ3n) is 4.96. The van der Waals surface area contributed by atoms with Crippen molar-refractivity contribution in [3.63, 3.8) is 0 Å². The molecule has 7 heteroatoms. The van der Waals surface area contributed by atoms with Crippen molar-refractivity contribution in [2.45, 2.75) is 6.54 Å². The van der Waals surface area contributed by atoms with E-state index in [0.29, 0.717) is 27.9 Å². The number of aromatic nitrogens is 2. The number of fused-ring (bicyclic) bond motifs is 1. The quantitative estimate of drug-likeness (QED) is 0.308. The molecule has 0 saturated heterocycles. The summed E-state index contributed by atoms with van der Waals surface area (Å²) < 4.78 is 6.41. The zero-order chi connectivity index (χ0) is 21.8. The average Bonchev–Trinajstić information content (AvgIpc) is 2.94. The Balaban J connectivity index is 1.94. The van der Waals surface area contributed by atoms with E-state index in [-0.39, 0.29) is 12.3 Å². The lowest BCUT2D eigenvalue weighted by molar-refractivity contribution is 0.0972. The number of Topliss-reactive ketones (excluding diaryl/α,β-unsaturated/α-hetero) is 1. The van der Waals surface area contributed by atoms with E-state index < -0.39 is 11.0 Å². The predicted octanol–water partition coefficient (Wildman–Crippen LogP) is 3.24. The molecule has 1 N–H and O–H groups in total. The third-order valence-corrected chi connectivity index (χ3v) is 4.96. The molecule has 0 spiro atoms. The lowest BCUT2D eigenvalue weighted by atomic mass is 10.1. The molecule has 0 radical (unpaired) electrons. The minimum absolute atomic E-state index is 0.237. The van der Waals surface area contributed by atoms with Crippen molar-refractivity contribution in [1.29, 1.82) is 0 Å². The van der Waals surface area contributed by atoms with E-state index in [1.165, 1.54) is 4.57 Å². The molecule has 7 nitrogen and oxygen atoms in total. The van der Waals surface area contributed by atoms with E-state index in [2.05, 4.69) is 10.1 Å². The minimum atomic E-state index is -0.664. The lowest BCUT2D eigenvalue weighted by Crippen LogP contribution is -2.36. The summed E-state index contributed by atoms with van der Waals surface area (Å²) in [6.07, 6.45) is 0. The topological polar surface area (TPSA) is 93.8 Å². The van der Waals surface area contributed by atoms with Gasteiger partial charge in [-0.15, -0.1) is 0 Å². The molecule has 3 aromatic carbocycles. The highest BCUT2D eigenvalue weighted by Crippen LogP contribution is 2.24. The van der Waals surface area contributed by atoms with Gasteiger partial charge in [-0.1, -0.05) is 53.7 Å². The Morgan fingerprint density at radius 1 is 1.00 bits per heavy atom. The van der Waals surface area contributed by atoms with Crippen molar-refractivity contribution in [3.8, 4) is 17.0 Å². The van der Waals surface area contributed by atoms with Gasteiger partial charge in [0.05, 0.1) is 24.9 Å². The van der Waals surface area contributed by atoms with E-state index in [9.17, 15) is 14.8 Å². The number of benzene rings is 3. The van der Waals surface area contributed by atoms with Crippen LogP contribution >= 0.6 is 0 Å². The van der Waals surface area contributed by atoms with E-state index in [1.54, 1.807) is 43.5 Å². The maximum Gasteiger partial charge on any atom is 0.299 e. The van der Waals surface area contributed by atoms with E-state index in [1.807, 2.05) is 42.5 Å². The highest BCUT2D eigenvalue weighted by molar-refractivity contribution is 5.97. The highest BCUT2D eigenvalue weighted by atomic mass is 16.5. The van der Waals surface area contributed by atoms with Crippen LogP contribution in [0.5, 0.6) is 5.75 Å². The van der Waals surface area contributed by atoms with E-state index in [0.717, 1.165) is 5.56 Å². The number of carbonyl (C=O) groups is 1. The number of methoxy groups -OCH3 is 1. The first-order valence-electron chi connectivity index (χ1n) is 9.57. The molecule has 4 rings (SSSR count). The molecule has 0 bridgehead atoms. The van der Waals surface area contributed by atoms with Crippen molar-refractivity contribution in [2.75, 3.05) is 7.11 Å². The van der Waals surface area contributed by atoms with Gasteiger partial charge in [-0.05, 0) is 30.3 Å². The molecule has 0 aliphatic carbocycles. The van der Waals surface area contributed by atoms with Crippen LogP contribution < -0.4 is 15.8 Å². The van der Waals surface area contributed by atoms with Crippen LogP contribution in [0, 0.1) is 0 Å². The SMILES string of the molecule is COc1ccc(C(=O)Cn2c(=O)c(=NO)nc(-c3ccccc3)c3ccccc32)cc1. The zero-order valence-corrected chi connectivity index (χ0v) is 16.7. The standard InChI is InChI=1S/C24H19N3O4/c1-31-18-13-11-16(12-14-18)21(28)15-27-20-10-6-5-9-19(20)22(17-7-3-2-4-8-17)25-23(26-30)24(27)29/h2-14,30H,15H2,1H3. The van der Waals surface area contributed by atoms with Crippen LogP contribution in [0.3, 0.4) is 0 Å².